The largest absolute Gasteiger partial charge is 0.468 e. The molecule has 0 amide bonds. The first kappa shape index (κ1) is 15.1. The van der Waals surface area contributed by atoms with Crippen LogP contribution < -0.4 is 0 Å². The van der Waals surface area contributed by atoms with Gasteiger partial charge in [0.15, 0.2) is 0 Å². The highest BCUT2D eigenvalue weighted by molar-refractivity contribution is 9.10. The molecule has 0 atom stereocenters. The minimum Gasteiger partial charge on any atom is -0.468 e. The third-order valence-corrected chi connectivity index (χ3v) is 3.84. The molecular weight excluding hydrogens is 322 g/mol. The molecule has 0 radical (unpaired) electrons. The van der Waals surface area contributed by atoms with Crippen molar-refractivity contribution in [1.82, 2.24) is 4.90 Å². The van der Waals surface area contributed by atoms with Crippen LogP contribution in [0.15, 0.2) is 15.9 Å². The Bertz CT molecular complexity index is 403. The first-order chi connectivity index (χ1) is 8.55. The Morgan fingerprint density at radius 3 is 2.22 bits per heavy atom. The minimum atomic E-state index is -0.380. The lowest BCUT2D eigenvalue weighted by Crippen LogP contribution is -2.34. The molecule has 0 unspecified atom stereocenters. The fourth-order valence-corrected chi connectivity index (χ4v) is 2.81. The SMILES string of the molecule is COC(=O)CN(CC(=O)OC)Cc1cc(Br)cs1. The van der Waals surface area contributed by atoms with Gasteiger partial charge in [-0.05, 0) is 22.0 Å². The number of thiophene rings is 1. The zero-order valence-electron chi connectivity index (χ0n) is 10.1. The van der Waals surface area contributed by atoms with Crippen molar-refractivity contribution in [3.8, 4) is 0 Å². The molecule has 0 aliphatic rings. The van der Waals surface area contributed by atoms with Gasteiger partial charge >= 0.3 is 11.9 Å². The zero-order chi connectivity index (χ0) is 13.5. The summed E-state index contributed by atoms with van der Waals surface area (Å²) in [6.07, 6.45) is 0. The third-order valence-electron chi connectivity index (χ3n) is 2.16. The van der Waals surface area contributed by atoms with Gasteiger partial charge in [-0.25, -0.2) is 0 Å². The fourth-order valence-electron chi connectivity index (χ4n) is 1.32. The molecule has 100 valence electrons. The molecule has 1 heterocycles. The van der Waals surface area contributed by atoms with Gasteiger partial charge in [0.25, 0.3) is 0 Å². The summed E-state index contributed by atoms with van der Waals surface area (Å²) in [5, 5.41) is 1.95. The highest BCUT2D eigenvalue weighted by Crippen LogP contribution is 2.21. The van der Waals surface area contributed by atoms with Gasteiger partial charge in [0.1, 0.15) is 0 Å². The second-order valence-corrected chi connectivity index (χ2v) is 5.44. The van der Waals surface area contributed by atoms with Gasteiger partial charge in [0.05, 0.1) is 27.3 Å². The average Bonchev–Trinajstić information content (AvgIpc) is 2.74. The van der Waals surface area contributed by atoms with E-state index in [4.69, 9.17) is 0 Å². The van der Waals surface area contributed by atoms with E-state index < -0.39 is 0 Å². The van der Waals surface area contributed by atoms with E-state index in [-0.39, 0.29) is 25.0 Å². The molecule has 0 aromatic carbocycles. The van der Waals surface area contributed by atoms with Gasteiger partial charge in [-0.1, -0.05) is 0 Å². The lowest BCUT2D eigenvalue weighted by atomic mass is 10.4. The van der Waals surface area contributed by atoms with Gasteiger partial charge in [-0.2, -0.15) is 0 Å². The Balaban J connectivity index is 2.64. The molecular formula is C11H14BrNO4S. The molecule has 0 saturated carbocycles. The molecule has 0 N–H and O–H groups in total. The molecule has 5 nitrogen and oxygen atoms in total. The third kappa shape index (κ3) is 5.16. The van der Waals surface area contributed by atoms with Crippen molar-refractivity contribution in [2.45, 2.75) is 6.54 Å². The van der Waals surface area contributed by atoms with Crippen LogP contribution in [0.25, 0.3) is 0 Å². The van der Waals surface area contributed by atoms with Crippen molar-refractivity contribution >= 4 is 39.2 Å². The van der Waals surface area contributed by atoms with E-state index in [9.17, 15) is 9.59 Å². The van der Waals surface area contributed by atoms with Gasteiger partial charge in [0, 0.05) is 21.3 Å². The molecule has 1 aromatic heterocycles. The summed E-state index contributed by atoms with van der Waals surface area (Å²) in [4.78, 5) is 25.3. The highest BCUT2D eigenvalue weighted by Gasteiger charge is 2.16. The van der Waals surface area contributed by atoms with Crippen LogP contribution in [0, 0.1) is 0 Å². The predicted molar refractivity (Wildman–Crippen MR) is 71.3 cm³/mol. The zero-order valence-corrected chi connectivity index (χ0v) is 12.5. The minimum absolute atomic E-state index is 0.0567. The van der Waals surface area contributed by atoms with Crippen molar-refractivity contribution in [1.29, 1.82) is 0 Å². The number of hydrogen-bond acceptors (Lipinski definition) is 6. The molecule has 0 spiro atoms. The summed E-state index contributed by atoms with van der Waals surface area (Å²) in [6, 6.07) is 1.95. The smallest absolute Gasteiger partial charge is 0.319 e. The number of methoxy groups -OCH3 is 2. The molecule has 1 rings (SSSR count). The summed E-state index contributed by atoms with van der Waals surface area (Å²) in [6.45, 7) is 0.614. The number of carbonyl (C=O) groups excluding carboxylic acids is 2. The van der Waals surface area contributed by atoms with Crippen LogP contribution in [0.4, 0.5) is 0 Å². The number of halogens is 1. The Kier molecular flexibility index (Phi) is 6.31. The van der Waals surface area contributed by atoms with Gasteiger partial charge < -0.3 is 9.47 Å². The highest BCUT2D eigenvalue weighted by atomic mass is 79.9. The maximum atomic E-state index is 11.3. The Morgan fingerprint density at radius 2 is 1.83 bits per heavy atom. The summed E-state index contributed by atoms with van der Waals surface area (Å²) in [5.74, 6) is -0.760. The maximum Gasteiger partial charge on any atom is 0.319 e. The van der Waals surface area contributed by atoms with Gasteiger partial charge in [0.2, 0.25) is 0 Å². The quantitative estimate of drug-likeness (QED) is 0.740. The topological polar surface area (TPSA) is 55.8 Å². The van der Waals surface area contributed by atoms with Crippen LogP contribution in [0.1, 0.15) is 4.88 Å². The second kappa shape index (κ2) is 7.50. The lowest BCUT2D eigenvalue weighted by Gasteiger charge is -2.18. The van der Waals surface area contributed by atoms with E-state index in [0.29, 0.717) is 6.54 Å². The van der Waals surface area contributed by atoms with Crippen LogP contribution >= 0.6 is 27.3 Å². The molecule has 1 aromatic rings. The van der Waals surface area contributed by atoms with Crippen LogP contribution in [0.5, 0.6) is 0 Å². The molecule has 0 fully saturated rings. The first-order valence-electron chi connectivity index (χ1n) is 5.14. The molecule has 0 saturated heterocycles. The number of esters is 2. The average molecular weight is 336 g/mol. The van der Waals surface area contributed by atoms with E-state index in [2.05, 4.69) is 25.4 Å². The van der Waals surface area contributed by atoms with Crippen LogP contribution in [0.2, 0.25) is 0 Å². The number of ether oxygens (including phenoxy) is 2. The van der Waals surface area contributed by atoms with Crippen LogP contribution in [0.3, 0.4) is 0 Å². The molecule has 7 heteroatoms. The van der Waals surface area contributed by atoms with Gasteiger partial charge in [-0.15, -0.1) is 11.3 Å². The Morgan fingerprint density at radius 1 is 1.28 bits per heavy atom. The van der Waals surface area contributed by atoms with Crippen LogP contribution in [-0.2, 0) is 25.6 Å². The standard InChI is InChI=1S/C11H14BrNO4S/c1-16-10(14)5-13(6-11(15)17-2)4-9-3-8(12)7-18-9/h3,7H,4-6H2,1-2H3. The first-order valence-corrected chi connectivity index (χ1v) is 6.81. The Hall–Kier alpha value is -0.920. The van der Waals surface area contributed by atoms with Crippen molar-refractivity contribution in [3.63, 3.8) is 0 Å². The second-order valence-electron chi connectivity index (χ2n) is 3.53. The molecule has 0 aliphatic carbocycles. The number of hydrogen-bond donors (Lipinski definition) is 0. The van der Waals surface area contributed by atoms with Crippen molar-refractivity contribution in [2.75, 3.05) is 27.3 Å². The lowest BCUT2D eigenvalue weighted by molar-refractivity contribution is -0.145. The molecule has 0 bridgehead atoms. The number of carbonyl (C=O) groups is 2. The van der Waals surface area contributed by atoms with E-state index >= 15 is 0 Å². The summed E-state index contributed by atoms with van der Waals surface area (Å²) >= 11 is 4.91. The summed E-state index contributed by atoms with van der Waals surface area (Å²) < 4.78 is 10.2. The number of rotatable bonds is 6. The number of nitrogens with zero attached hydrogens (tertiary/aromatic N) is 1. The molecule has 0 aliphatic heterocycles. The van der Waals surface area contributed by atoms with E-state index in [0.717, 1.165) is 9.35 Å². The van der Waals surface area contributed by atoms with Crippen molar-refractivity contribution < 1.29 is 19.1 Å². The Labute approximate surface area is 118 Å². The van der Waals surface area contributed by atoms with E-state index in [1.165, 1.54) is 14.2 Å². The monoisotopic (exact) mass is 335 g/mol. The summed E-state index contributed by atoms with van der Waals surface area (Å²) in [5.41, 5.74) is 0. The normalized spacial score (nSPS) is 10.4. The summed E-state index contributed by atoms with van der Waals surface area (Å²) in [7, 11) is 2.64. The van der Waals surface area contributed by atoms with E-state index in [1.807, 2.05) is 11.4 Å². The maximum absolute atomic E-state index is 11.3. The van der Waals surface area contributed by atoms with Crippen LogP contribution in [-0.4, -0.2) is 44.1 Å². The van der Waals surface area contributed by atoms with Gasteiger partial charge in [-0.3, -0.25) is 14.5 Å². The van der Waals surface area contributed by atoms with Crippen molar-refractivity contribution in [2.24, 2.45) is 0 Å². The van der Waals surface area contributed by atoms with Crippen molar-refractivity contribution in [3.05, 3.63) is 20.8 Å². The predicted octanol–water partition coefficient (Wildman–Crippen LogP) is 1.66. The van der Waals surface area contributed by atoms with E-state index in [1.54, 1.807) is 16.2 Å². The molecule has 18 heavy (non-hydrogen) atoms. The fraction of sp³-hybridized carbons (Fsp3) is 0.455.